The molecular formula is C18H13F3N2O2S. The molecule has 0 bridgehead atoms. The third kappa shape index (κ3) is 4.66. The predicted molar refractivity (Wildman–Crippen MR) is 90.8 cm³/mol. The van der Waals surface area contributed by atoms with Crippen LogP contribution in [0.15, 0.2) is 57.9 Å². The topological polar surface area (TPSA) is 55.1 Å². The van der Waals surface area contributed by atoms with Crippen LogP contribution in [-0.4, -0.2) is 16.8 Å². The van der Waals surface area contributed by atoms with Crippen LogP contribution in [0, 0.1) is 17.5 Å². The number of hydrogen-bond donors (Lipinski definition) is 1. The average Bonchev–Trinajstić information content (AvgIpc) is 3.08. The second-order valence-corrected chi connectivity index (χ2v) is 6.37. The van der Waals surface area contributed by atoms with Gasteiger partial charge in [-0.1, -0.05) is 5.16 Å². The fourth-order valence-electron chi connectivity index (χ4n) is 2.13. The Bertz CT molecular complexity index is 913. The van der Waals surface area contributed by atoms with Crippen LogP contribution in [0.25, 0.3) is 11.3 Å². The lowest BCUT2D eigenvalue weighted by atomic mass is 10.1. The van der Waals surface area contributed by atoms with Crippen molar-refractivity contribution in [1.82, 2.24) is 10.5 Å². The summed E-state index contributed by atoms with van der Waals surface area (Å²) in [5, 5.41) is 6.42. The second-order valence-electron chi connectivity index (χ2n) is 5.33. The molecule has 3 rings (SSSR count). The fourth-order valence-corrected chi connectivity index (χ4v) is 2.86. The molecule has 4 nitrogen and oxygen atoms in total. The van der Waals surface area contributed by atoms with Crippen molar-refractivity contribution in [2.24, 2.45) is 0 Å². The smallest absolute Gasteiger partial charge is 0.230 e. The van der Waals surface area contributed by atoms with E-state index in [1.54, 1.807) is 12.1 Å². The van der Waals surface area contributed by atoms with Crippen LogP contribution < -0.4 is 5.32 Å². The van der Waals surface area contributed by atoms with E-state index >= 15 is 0 Å². The molecule has 2 aromatic carbocycles. The highest BCUT2D eigenvalue weighted by atomic mass is 32.2. The maximum Gasteiger partial charge on any atom is 0.230 e. The van der Waals surface area contributed by atoms with Gasteiger partial charge in [0.15, 0.2) is 5.76 Å². The number of benzene rings is 2. The minimum atomic E-state index is -0.757. The van der Waals surface area contributed by atoms with Crippen molar-refractivity contribution < 1.29 is 22.5 Å². The molecule has 0 saturated carbocycles. The molecule has 0 aliphatic rings. The van der Waals surface area contributed by atoms with Gasteiger partial charge in [0.2, 0.25) is 5.91 Å². The van der Waals surface area contributed by atoms with Crippen LogP contribution >= 0.6 is 11.8 Å². The van der Waals surface area contributed by atoms with Crippen molar-refractivity contribution in [3.63, 3.8) is 0 Å². The zero-order chi connectivity index (χ0) is 18.5. The lowest BCUT2D eigenvalue weighted by molar-refractivity contribution is -0.118. The summed E-state index contributed by atoms with van der Waals surface area (Å²) in [6.45, 7) is 0.106. The highest BCUT2D eigenvalue weighted by molar-refractivity contribution is 8.00. The Morgan fingerprint density at radius 1 is 1.04 bits per heavy atom. The van der Waals surface area contributed by atoms with Gasteiger partial charge >= 0.3 is 0 Å². The number of aromatic nitrogens is 1. The molecule has 8 heteroatoms. The first-order valence-electron chi connectivity index (χ1n) is 7.57. The molecule has 1 aromatic heterocycles. The van der Waals surface area contributed by atoms with E-state index in [1.807, 2.05) is 0 Å². The summed E-state index contributed by atoms with van der Waals surface area (Å²) in [6.07, 6.45) is 0. The van der Waals surface area contributed by atoms with E-state index in [9.17, 15) is 18.0 Å². The standard InChI is InChI=1S/C18H13F3N2O2S/c19-11-1-4-14(5-2-11)26-10-18(24)22-9-13-8-17(25-23-13)15-6-3-12(20)7-16(15)21/h1-8H,9-10H2,(H,22,24). The summed E-state index contributed by atoms with van der Waals surface area (Å²) in [6, 6.07) is 10.4. The average molecular weight is 378 g/mol. The quantitative estimate of drug-likeness (QED) is 0.654. The van der Waals surface area contributed by atoms with Crippen molar-refractivity contribution in [1.29, 1.82) is 0 Å². The van der Waals surface area contributed by atoms with Crippen molar-refractivity contribution in [2.75, 3.05) is 5.75 Å². The number of hydrogen-bond acceptors (Lipinski definition) is 4. The number of nitrogens with one attached hydrogen (secondary N) is 1. The summed E-state index contributed by atoms with van der Waals surface area (Å²) in [5.74, 6) is -1.71. The molecule has 26 heavy (non-hydrogen) atoms. The van der Waals surface area contributed by atoms with Gasteiger partial charge in [-0.05, 0) is 36.4 Å². The molecule has 134 valence electrons. The molecule has 0 aliphatic carbocycles. The van der Waals surface area contributed by atoms with Crippen LogP contribution in [0.5, 0.6) is 0 Å². The van der Waals surface area contributed by atoms with Gasteiger partial charge in [-0.25, -0.2) is 13.2 Å². The van der Waals surface area contributed by atoms with Gasteiger partial charge in [-0.3, -0.25) is 4.79 Å². The predicted octanol–water partition coefficient (Wildman–Crippen LogP) is 4.17. The molecule has 1 amide bonds. The molecule has 0 fully saturated rings. The summed E-state index contributed by atoms with van der Waals surface area (Å²) < 4.78 is 44.5. The molecule has 1 heterocycles. The van der Waals surface area contributed by atoms with Gasteiger partial charge in [0.05, 0.1) is 17.9 Å². The van der Waals surface area contributed by atoms with Gasteiger partial charge < -0.3 is 9.84 Å². The Balaban J connectivity index is 1.52. The number of carbonyl (C=O) groups excluding carboxylic acids is 1. The number of rotatable bonds is 6. The Kier molecular flexibility index (Phi) is 5.62. The Labute approximate surface area is 151 Å². The number of nitrogens with zero attached hydrogens (tertiary/aromatic N) is 1. The van der Waals surface area contributed by atoms with Crippen molar-refractivity contribution in [3.8, 4) is 11.3 Å². The van der Waals surface area contributed by atoms with E-state index in [-0.39, 0.29) is 35.3 Å². The molecule has 0 saturated heterocycles. The summed E-state index contributed by atoms with van der Waals surface area (Å²) in [4.78, 5) is 12.6. The number of thioether (sulfide) groups is 1. The number of halogens is 3. The molecular weight excluding hydrogens is 365 g/mol. The minimum absolute atomic E-state index is 0.0864. The zero-order valence-corrected chi connectivity index (χ0v) is 14.2. The lowest BCUT2D eigenvalue weighted by Crippen LogP contribution is -2.24. The summed E-state index contributed by atoms with van der Waals surface area (Å²) in [7, 11) is 0. The third-order valence-electron chi connectivity index (χ3n) is 3.41. The Hall–Kier alpha value is -2.74. The first-order chi connectivity index (χ1) is 12.5. The number of carbonyl (C=O) groups is 1. The lowest BCUT2D eigenvalue weighted by Gasteiger charge is -2.03. The van der Waals surface area contributed by atoms with Crippen molar-refractivity contribution in [2.45, 2.75) is 11.4 Å². The summed E-state index contributed by atoms with van der Waals surface area (Å²) >= 11 is 1.27. The highest BCUT2D eigenvalue weighted by Gasteiger charge is 2.13. The van der Waals surface area contributed by atoms with Crippen LogP contribution in [0.1, 0.15) is 5.69 Å². The zero-order valence-electron chi connectivity index (χ0n) is 13.3. The largest absolute Gasteiger partial charge is 0.356 e. The Morgan fingerprint density at radius 3 is 2.50 bits per heavy atom. The molecule has 0 atom stereocenters. The molecule has 0 unspecified atom stereocenters. The molecule has 0 aliphatic heterocycles. The van der Waals surface area contributed by atoms with E-state index in [1.165, 1.54) is 36.0 Å². The van der Waals surface area contributed by atoms with Gasteiger partial charge in [-0.2, -0.15) is 0 Å². The molecule has 0 spiro atoms. The third-order valence-corrected chi connectivity index (χ3v) is 4.42. The van der Waals surface area contributed by atoms with Gasteiger partial charge in [0.25, 0.3) is 0 Å². The highest BCUT2D eigenvalue weighted by Crippen LogP contribution is 2.24. The SMILES string of the molecule is O=C(CSc1ccc(F)cc1)NCc1cc(-c2ccc(F)cc2F)on1. The maximum absolute atomic E-state index is 13.7. The molecule has 1 N–H and O–H groups in total. The first kappa shape index (κ1) is 18.1. The number of amides is 1. The van der Waals surface area contributed by atoms with Crippen LogP contribution in [0.3, 0.4) is 0 Å². The van der Waals surface area contributed by atoms with Crippen LogP contribution in [0.4, 0.5) is 13.2 Å². The van der Waals surface area contributed by atoms with E-state index in [0.717, 1.165) is 17.0 Å². The monoisotopic (exact) mass is 378 g/mol. The van der Waals surface area contributed by atoms with E-state index in [2.05, 4.69) is 10.5 Å². The molecule has 3 aromatic rings. The maximum atomic E-state index is 13.7. The van der Waals surface area contributed by atoms with Crippen molar-refractivity contribution in [3.05, 3.63) is 71.7 Å². The second kappa shape index (κ2) is 8.09. The molecule has 0 radical (unpaired) electrons. The van der Waals surface area contributed by atoms with E-state index < -0.39 is 11.6 Å². The van der Waals surface area contributed by atoms with Gasteiger partial charge in [0, 0.05) is 17.0 Å². The van der Waals surface area contributed by atoms with Gasteiger partial charge in [0.1, 0.15) is 23.1 Å². The normalized spacial score (nSPS) is 10.7. The van der Waals surface area contributed by atoms with Crippen LogP contribution in [0.2, 0.25) is 0 Å². The van der Waals surface area contributed by atoms with Crippen LogP contribution in [-0.2, 0) is 11.3 Å². The van der Waals surface area contributed by atoms with E-state index in [0.29, 0.717) is 5.69 Å². The first-order valence-corrected chi connectivity index (χ1v) is 8.56. The van der Waals surface area contributed by atoms with Crippen molar-refractivity contribution >= 4 is 17.7 Å². The minimum Gasteiger partial charge on any atom is -0.356 e. The summed E-state index contributed by atoms with van der Waals surface area (Å²) in [5.41, 5.74) is 0.493. The van der Waals surface area contributed by atoms with Gasteiger partial charge in [-0.15, -0.1) is 11.8 Å². The van der Waals surface area contributed by atoms with E-state index in [4.69, 9.17) is 4.52 Å². The Morgan fingerprint density at radius 2 is 1.77 bits per heavy atom. The fraction of sp³-hybridized carbons (Fsp3) is 0.111.